The molecule has 0 bridgehead atoms. The summed E-state index contributed by atoms with van der Waals surface area (Å²) >= 11 is 0. The normalized spacial score (nSPS) is 11.6. The van der Waals surface area contributed by atoms with Gasteiger partial charge in [0, 0.05) is 0 Å². The number of benzene rings is 2. The lowest BCUT2D eigenvalue weighted by atomic mass is 9.99. The van der Waals surface area contributed by atoms with Gasteiger partial charge in [0.25, 0.3) is 0 Å². The van der Waals surface area contributed by atoms with Crippen LogP contribution in [0.25, 0.3) is 0 Å². The minimum absolute atomic E-state index is 1.02. The second-order valence-electron chi connectivity index (χ2n) is 5.29. The Morgan fingerprint density at radius 3 is 2.32 bits per heavy atom. The number of rotatable bonds is 4. The van der Waals surface area contributed by atoms with Gasteiger partial charge in [-0.15, -0.1) is 0 Å². The molecule has 2 rings (SSSR count). The van der Waals surface area contributed by atoms with Crippen LogP contribution in [0.2, 0.25) is 0 Å². The van der Waals surface area contributed by atoms with E-state index in [1.54, 1.807) is 0 Å². The van der Waals surface area contributed by atoms with E-state index in [2.05, 4.69) is 75.4 Å². The average Bonchev–Trinajstić information content (AvgIpc) is 2.42. The van der Waals surface area contributed by atoms with Crippen molar-refractivity contribution >= 4 is 0 Å². The summed E-state index contributed by atoms with van der Waals surface area (Å²) in [4.78, 5) is 0. The molecule has 2 aromatic carbocycles. The van der Waals surface area contributed by atoms with Gasteiger partial charge in [-0.05, 0) is 50.3 Å². The number of hydrogen-bond donors (Lipinski definition) is 0. The van der Waals surface area contributed by atoms with Crippen molar-refractivity contribution in [2.45, 2.75) is 33.6 Å². The predicted molar refractivity (Wildman–Crippen MR) is 83.6 cm³/mol. The second-order valence-corrected chi connectivity index (χ2v) is 5.29. The van der Waals surface area contributed by atoms with Crippen LogP contribution in [-0.4, -0.2) is 0 Å². The van der Waals surface area contributed by atoms with Gasteiger partial charge >= 0.3 is 0 Å². The van der Waals surface area contributed by atoms with Crippen LogP contribution in [0.3, 0.4) is 0 Å². The summed E-state index contributed by atoms with van der Waals surface area (Å²) in [5.41, 5.74) is 6.92. The fourth-order valence-corrected chi connectivity index (χ4v) is 2.22. The van der Waals surface area contributed by atoms with Crippen molar-refractivity contribution in [2.75, 3.05) is 0 Å². The first-order valence-corrected chi connectivity index (χ1v) is 6.92. The summed E-state index contributed by atoms with van der Waals surface area (Å²) in [6, 6.07) is 17.7. The van der Waals surface area contributed by atoms with Gasteiger partial charge in [-0.2, -0.15) is 0 Å². The number of allylic oxidation sites excluding steroid dienone is 2. The highest BCUT2D eigenvalue weighted by Crippen LogP contribution is 2.14. The van der Waals surface area contributed by atoms with Gasteiger partial charge in [-0.1, -0.05) is 65.7 Å². The standard InChI is InChI=1S/C19H22/c1-4-15(2)12-18-6-5-7-19(14-18)13-17-10-8-16(3)9-11-17/h4-11,14H,12-13H2,1-3H3. The lowest BCUT2D eigenvalue weighted by Gasteiger charge is -2.06. The maximum Gasteiger partial charge on any atom is -0.00257 e. The first-order chi connectivity index (χ1) is 9.17. The van der Waals surface area contributed by atoms with Crippen LogP contribution in [0.15, 0.2) is 60.2 Å². The molecule has 0 aliphatic carbocycles. The van der Waals surface area contributed by atoms with Gasteiger partial charge in [0.05, 0.1) is 0 Å². The summed E-state index contributed by atoms with van der Waals surface area (Å²) in [5, 5.41) is 0. The summed E-state index contributed by atoms with van der Waals surface area (Å²) in [7, 11) is 0. The van der Waals surface area contributed by atoms with E-state index < -0.39 is 0 Å². The summed E-state index contributed by atoms with van der Waals surface area (Å²) in [6.07, 6.45) is 4.26. The molecule has 0 atom stereocenters. The zero-order valence-electron chi connectivity index (χ0n) is 12.1. The molecule has 0 heterocycles. The Morgan fingerprint density at radius 1 is 0.947 bits per heavy atom. The van der Waals surface area contributed by atoms with Gasteiger partial charge in [0.1, 0.15) is 0 Å². The van der Waals surface area contributed by atoms with E-state index in [0.717, 1.165) is 12.8 Å². The third-order valence-electron chi connectivity index (χ3n) is 3.50. The van der Waals surface area contributed by atoms with E-state index in [-0.39, 0.29) is 0 Å². The van der Waals surface area contributed by atoms with Crippen LogP contribution in [0.4, 0.5) is 0 Å². The summed E-state index contributed by atoms with van der Waals surface area (Å²) in [5.74, 6) is 0. The zero-order chi connectivity index (χ0) is 13.7. The third kappa shape index (κ3) is 4.10. The molecule has 19 heavy (non-hydrogen) atoms. The van der Waals surface area contributed by atoms with Crippen molar-refractivity contribution in [1.82, 2.24) is 0 Å². The Balaban J connectivity index is 2.12. The lowest BCUT2D eigenvalue weighted by molar-refractivity contribution is 1.11. The van der Waals surface area contributed by atoms with E-state index in [4.69, 9.17) is 0 Å². The van der Waals surface area contributed by atoms with Gasteiger partial charge in [-0.3, -0.25) is 0 Å². The Morgan fingerprint density at radius 2 is 1.63 bits per heavy atom. The van der Waals surface area contributed by atoms with Crippen LogP contribution in [0, 0.1) is 6.92 Å². The smallest absolute Gasteiger partial charge is 0.00257 e. The molecule has 0 heteroatoms. The largest absolute Gasteiger partial charge is 0.0884 e. The van der Waals surface area contributed by atoms with Crippen LogP contribution in [0.1, 0.15) is 36.1 Å². The molecule has 0 aliphatic heterocycles. The topological polar surface area (TPSA) is 0 Å². The first kappa shape index (κ1) is 13.6. The van der Waals surface area contributed by atoms with Crippen molar-refractivity contribution in [2.24, 2.45) is 0 Å². The first-order valence-electron chi connectivity index (χ1n) is 6.92. The molecule has 0 radical (unpaired) electrons. The van der Waals surface area contributed by atoms with Crippen molar-refractivity contribution < 1.29 is 0 Å². The van der Waals surface area contributed by atoms with Crippen molar-refractivity contribution in [3.63, 3.8) is 0 Å². The van der Waals surface area contributed by atoms with Crippen molar-refractivity contribution in [1.29, 1.82) is 0 Å². The average molecular weight is 250 g/mol. The Kier molecular flexibility index (Phi) is 4.57. The van der Waals surface area contributed by atoms with Crippen molar-refractivity contribution in [3.8, 4) is 0 Å². The molecule has 0 nitrogen and oxygen atoms in total. The third-order valence-corrected chi connectivity index (χ3v) is 3.50. The number of hydrogen-bond acceptors (Lipinski definition) is 0. The van der Waals surface area contributed by atoms with E-state index in [9.17, 15) is 0 Å². The molecule has 0 spiro atoms. The highest BCUT2D eigenvalue weighted by Gasteiger charge is 1.99. The SMILES string of the molecule is CC=C(C)Cc1cccc(Cc2ccc(C)cc2)c1. The molecule has 0 aliphatic rings. The fraction of sp³-hybridized carbons (Fsp3) is 0.263. The predicted octanol–water partition coefficient (Wildman–Crippen LogP) is 5.09. The summed E-state index contributed by atoms with van der Waals surface area (Å²) in [6.45, 7) is 6.42. The monoisotopic (exact) mass is 250 g/mol. The van der Waals surface area contributed by atoms with Crippen molar-refractivity contribution in [3.05, 3.63) is 82.4 Å². The van der Waals surface area contributed by atoms with Crippen LogP contribution in [-0.2, 0) is 12.8 Å². The van der Waals surface area contributed by atoms with Gasteiger partial charge < -0.3 is 0 Å². The Labute approximate surface area is 116 Å². The van der Waals surface area contributed by atoms with Gasteiger partial charge in [-0.25, -0.2) is 0 Å². The molecule has 0 saturated heterocycles. The second kappa shape index (κ2) is 6.38. The molecular weight excluding hydrogens is 228 g/mol. The molecule has 0 fully saturated rings. The van der Waals surface area contributed by atoms with E-state index in [1.807, 2.05) is 0 Å². The molecule has 98 valence electrons. The fourth-order valence-electron chi connectivity index (χ4n) is 2.22. The van der Waals surface area contributed by atoms with Crippen LogP contribution < -0.4 is 0 Å². The minimum atomic E-state index is 1.02. The van der Waals surface area contributed by atoms with Gasteiger partial charge in [0.2, 0.25) is 0 Å². The molecule has 2 aromatic rings. The van der Waals surface area contributed by atoms with E-state index >= 15 is 0 Å². The van der Waals surface area contributed by atoms with Crippen LogP contribution >= 0.6 is 0 Å². The van der Waals surface area contributed by atoms with E-state index in [1.165, 1.54) is 27.8 Å². The Hall–Kier alpha value is -1.82. The highest BCUT2D eigenvalue weighted by molar-refractivity contribution is 5.32. The summed E-state index contributed by atoms with van der Waals surface area (Å²) < 4.78 is 0. The maximum absolute atomic E-state index is 2.33. The van der Waals surface area contributed by atoms with E-state index in [0.29, 0.717) is 0 Å². The highest BCUT2D eigenvalue weighted by atomic mass is 14.0. The molecule has 0 amide bonds. The quantitative estimate of drug-likeness (QED) is 0.663. The van der Waals surface area contributed by atoms with Crippen LogP contribution in [0.5, 0.6) is 0 Å². The van der Waals surface area contributed by atoms with Gasteiger partial charge in [0.15, 0.2) is 0 Å². The maximum atomic E-state index is 2.33. The molecule has 0 aromatic heterocycles. The lowest BCUT2D eigenvalue weighted by Crippen LogP contribution is -1.92. The molecule has 0 unspecified atom stereocenters. The molecular formula is C19H22. The number of aryl methyl sites for hydroxylation is 1. The zero-order valence-corrected chi connectivity index (χ0v) is 12.1. The minimum Gasteiger partial charge on any atom is -0.0884 e. The molecule has 0 saturated carbocycles. The Bertz CT molecular complexity index is 559. The molecule has 0 N–H and O–H groups in total.